The van der Waals surface area contributed by atoms with E-state index in [1.807, 2.05) is 65.6 Å². The highest BCUT2D eigenvalue weighted by Gasteiger charge is 2.22. The fourth-order valence-corrected chi connectivity index (χ4v) is 3.04. The summed E-state index contributed by atoms with van der Waals surface area (Å²) in [4.78, 5) is 4.32. The first-order chi connectivity index (χ1) is 14.3. The maximum atomic E-state index is 5.99. The molecule has 0 unspecified atom stereocenters. The van der Waals surface area contributed by atoms with Crippen LogP contribution in [0.15, 0.2) is 72.0 Å². The van der Waals surface area contributed by atoms with Gasteiger partial charge >= 0.3 is 0 Å². The number of para-hydroxylation sites is 2. The number of hydrogen-bond acceptors (Lipinski definition) is 3. The number of ether oxygens (including phenoxy) is 1. The van der Waals surface area contributed by atoms with Crippen molar-refractivity contribution in [3.63, 3.8) is 0 Å². The minimum absolute atomic E-state index is 0.645. The SMILES string of the molecule is CN=C(NCc1cnn(-c2ccccc2)c1)NCc1ccccc1OCC1CC1. The van der Waals surface area contributed by atoms with E-state index in [-0.39, 0.29) is 0 Å². The molecular formula is C23H27N5O. The lowest BCUT2D eigenvalue weighted by atomic mass is 10.2. The van der Waals surface area contributed by atoms with E-state index in [4.69, 9.17) is 4.74 Å². The molecule has 0 atom stereocenters. The smallest absolute Gasteiger partial charge is 0.191 e. The quantitative estimate of drug-likeness (QED) is 0.457. The summed E-state index contributed by atoms with van der Waals surface area (Å²) in [6, 6.07) is 18.3. The number of rotatable bonds is 8. The minimum Gasteiger partial charge on any atom is -0.493 e. The Morgan fingerprint density at radius 1 is 1.07 bits per heavy atom. The third-order valence-corrected chi connectivity index (χ3v) is 4.93. The number of guanidine groups is 1. The van der Waals surface area contributed by atoms with Crippen molar-refractivity contribution in [3.8, 4) is 11.4 Å². The molecule has 6 heteroatoms. The monoisotopic (exact) mass is 389 g/mol. The summed E-state index contributed by atoms with van der Waals surface area (Å²) in [6.45, 7) is 2.12. The van der Waals surface area contributed by atoms with Crippen LogP contribution in [-0.2, 0) is 13.1 Å². The van der Waals surface area contributed by atoms with Gasteiger partial charge in [-0.3, -0.25) is 4.99 Å². The summed E-state index contributed by atoms with van der Waals surface area (Å²) in [7, 11) is 1.78. The molecule has 0 spiro atoms. The molecule has 1 saturated carbocycles. The summed E-state index contributed by atoms with van der Waals surface area (Å²) in [5, 5.41) is 11.1. The fraction of sp³-hybridized carbons (Fsp3) is 0.304. The lowest BCUT2D eigenvalue weighted by molar-refractivity contribution is 0.296. The predicted octanol–water partition coefficient (Wildman–Crippen LogP) is 3.53. The topological polar surface area (TPSA) is 63.5 Å². The van der Waals surface area contributed by atoms with Gasteiger partial charge in [0.25, 0.3) is 0 Å². The van der Waals surface area contributed by atoms with Gasteiger partial charge in [-0.25, -0.2) is 4.68 Å². The Morgan fingerprint density at radius 3 is 2.62 bits per heavy atom. The summed E-state index contributed by atoms with van der Waals surface area (Å²) >= 11 is 0. The number of aromatic nitrogens is 2. The molecule has 29 heavy (non-hydrogen) atoms. The zero-order valence-corrected chi connectivity index (χ0v) is 16.7. The number of benzene rings is 2. The van der Waals surface area contributed by atoms with Crippen LogP contribution in [0.5, 0.6) is 5.75 Å². The van der Waals surface area contributed by atoms with E-state index in [1.54, 1.807) is 7.05 Å². The molecule has 1 fully saturated rings. The van der Waals surface area contributed by atoms with Gasteiger partial charge in [-0.15, -0.1) is 0 Å². The van der Waals surface area contributed by atoms with Crippen LogP contribution < -0.4 is 15.4 Å². The van der Waals surface area contributed by atoms with Gasteiger partial charge in [0.15, 0.2) is 5.96 Å². The van der Waals surface area contributed by atoms with Crippen LogP contribution in [0.4, 0.5) is 0 Å². The Kier molecular flexibility index (Phi) is 6.10. The Balaban J connectivity index is 1.30. The highest BCUT2D eigenvalue weighted by Crippen LogP contribution is 2.30. The molecule has 4 rings (SSSR count). The minimum atomic E-state index is 0.645. The van der Waals surface area contributed by atoms with Crippen molar-refractivity contribution in [3.05, 3.63) is 78.1 Å². The molecule has 0 radical (unpaired) electrons. The number of aliphatic imine (C=N–C) groups is 1. The molecule has 0 saturated heterocycles. The van der Waals surface area contributed by atoms with Crippen LogP contribution in [0.1, 0.15) is 24.0 Å². The largest absolute Gasteiger partial charge is 0.493 e. The molecule has 2 aromatic carbocycles. The van der Waals surface area contributed by atoms with Crippen molar-refractivity contribution >= 4 is 5.96 Å². The summed E-state index contributed by atoms with van der Waals surface area (Å²) in [5.74, 6) is 2.43. The third-order valence-electron chi connectivity index (χ3n) is 4.93. The standard InChI is InChI=1S/C23H27N5O/c1-24-23(25-13-19-14-27-28(16-19)21-8-3-2-4-9-21)26-15-20-7-5-6-10-22(20)29-17-18-11-12-18/h2-10,14,16,18H,11-13,15,17H2,1H3,(H2,24,25,26). The highest BCUT2D eigenvalue weighted by molar-refractivity contribution is 5.79. The van der Waals surface area contributed by atoms with Crippen molar-refractivity contribution < 1.29 is 4.74 Å². The molecule has 1 aliphatic rings. The average molecular weight is 390 g/mol. The van der Waals surface area contributed by atoms with E-state index in [9.17, 15) is 0 Å². The van der Waals surface area contributed by atoms with E-state index in [0.29, 0.717) is 13.1 Å². The molecular weight excluding hydrogens is 362 g/mol. The second-order valence-electron chi connectivity index (χ2n) is 7.27. The number of nitrogens with one attached hydrogen (secondary N) is 2. The molecule has 0 bridgehead atoms. The van der Waals surface area contributed by atoms with Crippen molar-refractivity contribution in [1.29, 1.82) is 0 Å². The van der Waals surface area contributed by atoms with Gasteiger partial charge in [0.2, 0.25) is 0 Å². The van der Waals surface area contributed by atoms with Crippen LogP contribution >= 0.6 is 0 Å². The summed E-state index contributed by atoms with van der Waals surface area (Å²) in [5.41, 5.74) is 3.27. The molecule has 150 valence electrons. The van der Waals surface area contributed by atoms with Crippen molar-refractivity contribution in [2.75, 3.05) is 13.7 Å². The van der Waals surface area contributed by atoms with Crippen molar-refractivity contribution in [1.82, 2.24) is 20.4 Å². The zero-order chi connectivity index (χ0) is 19.9. The van der Waals surface area contributed by atoms with Gasteiger partial charge in [0, 0.05) is 37.5 Å². The Labute approximate surface area is 171 Å². The molecule has 2 N–H and O–H groups in total. The lowest BCUT2D eigenvalue weighted by Crippen LogP contribution is -2.36. The second kappa shape index (κ2) is 9.28. The van der Waals surface area contributed by atoms with Gasteiger partial charge < -0.3 is 15.4 Å². The van der Waals surface area contributed by atoms with Gasteiger partial charge in [-0.1, -0.05) is 36.4 Å². The first-order valence-electron chi connectivity index (χ1n) is 10.1. The Morgan fingerprint density at radius 2 is 1.83 bits per heavy atom. The van der Waals surface area contributed by atoms with E-state index < -0.39 is 0 Å². The molecule has 1 heterocycles. The van der Waals surface area contributed by atoms with Gasteiger partial charge in [0.1, 0.15) is 5.75 Å². The van der Waals surface area contributed by atoms with E-state index in [2.05, 4.69) is 26.8 Å². The Bertz CT molecular complexity index is 947. The third kappa shape index (κ3) is 5.38. The number of nitrogens with zero attached hydrogens (tertiary/aromatic N) is 3. The fourth-order valence-electron chi connectivity index (χ4n) is 3.04. The predicted molar refractivity (Wildman–Crippen MR) is 115 cm³/mol. The maximum absolute atomic E-state index is 5.99. The number of hydrogen-bond donors (Lipinski definition) is 2. The lowest BCUT2D eigenvalue weighted by Gasteiger charge is -2.14. The Hall–Kier alpha value is -3.28. The van der Waals surface area contributed by atoms with Crippen molar-refractivity contribution in [2.24, 2.45) is 10.9 Å². The van der Waals surface area contributed by atoms with Crippen LogP contribution in [0.3, 0.4) is 0 Å². The molecule has 3 aromatic rings. The van der Waals surface area contributed by atoms with E-state index in [0.717, 1.165) is 41.0 Å². The summed E-state index contributed by atoms with van der Waals surface area (Å²) < 4.78 is 7.87. The molecule has 6 nitrogen and oxygen atoms in total. The average Bonchev–Trinajstić information content (AvgIpc) is 3.49. The van der Waals surface area contributed by atoms with Gasteiger partial charge in [-0.2, -0.15) is 5.10 Å². The molecule has 0 amide bonds. The van der Waals surface area contributed by atoms with Crippen LogP contribution in [0.25, 0.3) is 5.69 Å². The maximum Gasteiger partial charge on any atom is 0.191 e. The van der Waals surface area contributed by atoms with Crippen molar-refractivity contribution in [2.45, 2.75) is 25.9 Å². The highest BCUT2D eigenvalue weighted by atomic mass is 16.5. The first-order valence-corrected chi connectivity index (χ1v) is 10.1. The van der Waals surface area contributed by atoms with E-state index >= 15 is 0 Å². The first kappa shape index (κ1) is 19.1. The normalized spacial score (nSPS) is 13.9. The second-order valence-corrected chi connectivity index (χ2v) is 7.27. The molecule has 1 aromatic heterocycles. The van der Waals surface area contributed by atoms with Crippen LogP contribution in [0.2, 0.25) is 0 Å². The van der Waals surface area contributed by atoms with E-state index in [1.165, 1.54) is 12.8 Å². The zero-order valence-electron chi connectivity index (χ0n) is 16.7. The summed E-state index contributed by atoms with van der Waals surface area (Å²) in [6.07, 6.45) is 6.47. The van der Waals surface area contributed by atoms with Crippen LogP contribution in [0, 0.1) is 5.92 Å². The van der Waals surface area contributed by atoms with Crippen LogP contribution in [-0.4, -0.2) is 29.4 Å². The van der Waals surface area contributed by atoms with Gasteiger partial charge in [-0.05, 0) is 37.0 Å². The molecule has 0 aliphatic heterocycles. The molecule has 1 aliphatic carbocycles. The van der Waals surface area contributed by atoms with Gasteiger partial charge in [0.05, 0.1) is 18.5 Å².